The molecule has 0 saturated carbocycles. The molecule has 4 aromatic rings. The van der Waals surface area contributed by atoms with Gasteiger partial charge in [-0.3, -0.25) is 4.98 Å². The van der Waals surface area contributed by atoms with Crippen LogP contribution < -0.4 is 10.1 Å². The Morgan fingerprint density at radius 1 is 1.07 bits per heavy atom. The third-order valence-electron chi connectivity index (χ3n) is 6.92. The van der Waals surface area contributed by atoms with E-state index in [9.17, 15) is 17.6 Å². The van der Waals surface area contributed by atoms with E-state index < -0.39 is 11.9 Å². The number of alkyl halides is 3. The number of ether oxygens (including phenoxy) is 1. The number of nitrogens with zero attached hydrogens (tertiary/aromatic N) is 2. The van der Waals surface area contributed by atoms with Gasteiger partial charge >= 0.3 is 6.18 Å². The van der Waals surface area contributed by atoms with E-state index in [1.54, 1.807) is 12.1 Å². The van der Waals surface area contributed by atoms with Gasteiger partial charge in [-0.05, 0) is 60.5 Å². The molecular weight excluding hydrogens is 518 g/mol. The van der Waals surface area contributed by atoms with E-state index in [1.807, 2.05) is 25.1 Å². The van der Waals surface area contributed by atoms with E-state index in [2.05, 4.69) is 35.6 Å². The highest BCUT2D eigenvalue weighted by Gasteiger charge is 2.32. The maximum atomic E-state index is 13.5. The van der Waals surface area contributed by atoms with Gasteiger partial charge < -0.3 is 10.1 Å². The molecule has 8 heteroatoms. The third kappa shape index (κ3) is 5.63. The van der Waals surface area contributed by atoms with Crippen molar-refractivity contribution < 1.29 is 22.3 Å². The van der Waals surface area contributed by atoms with Gasteiger partial charge in [0.2, 0.25) is 0 Å². The molecule has 5 rings (SSSR count). The van der Waals surface area contributed by atoms with Gasteiger partial charge in [-0.1, -0.05) is 31.7 Å². The summed E-state index contributed by atoms with van der Waals surface area (Å²) in [5.41, 5.74) is 9.34. The van der Waals surface area contributed by atoms with Gasteiger partial charge in [-0.2, -0.15) is 13.2 Å². The van der Waals surface area contributed by atoms with Crippen molar-refractivity contribution in [2.24, 2.45) is 0 Å². The maximum absolute atomic E-state index is 13.5. The number of rotatable bonds is 7. The summed E-state index contributed by atoms with van der Waals surface area (Å²) >= 11 is 0. The topological polar surface area (TPSA) is 47.0 Å². The lowest BCUT2D eigenvalue weighted by Crippen LogP contribution is -2.16. The molecule has 0 bridgehead atoms. The fraction of sp³-hybridized carbons (Fsp3) is 0.219. The predicted molar refractivity (Wildman–Crippen MR) is 147 cm³/mol. The smallest absolute Gasteiger partial charge is 0.433 e. The number of fused-ring (bicyclic) bond motifs is 1. The number of halogens is 4. The van der Waals surface area contributed by atoms with Gasteiger partial charge in [0.1, 0.15) is 23.0 Å². The van der Waals surface area contributed by atoms with Gasteiger partial charge in [0.15, 0.2) is 0 Å². The SMILES string of the molecule is C=C=C(NCCc1cc2c(c(-c3ccc(F)cc3)n1)OCC2C)c1ccc(-c2ccc(C(F)(F)F)nc2)c(C)c1. The minimum Gasteiger partial charge on any atom is -0.490 e. The van der Waals surface area contributed by atoms with Crippen LogP contribution in [-0.2, 0) is 12.6 Å². The van der Waals surface area contributed by atoms with Crippen LogP contribution in [0.1, 0.15) is 40.9 Å². The molecule has 0 fully saturated rings. The first-order valence-electron chi connectivity index (χ1n) is 12.8. The summed E-state index contributed by atoms with van der Waals surface area (Å²) in [5.74, 6) is 0.674. The van der Waals surface area contributed by atoms with Crippen molar-refractivity contribution in [3.63, 3.8) is 0 Å². The zero-order valence-corrected chi connectivity index (χ0v) is 22.1. The van der Waals surface area contributed by atoms with Crippen molar-refractivity contribution in [3.05, 3.63) is 113 Å². The Labute approximate surface area is 230 Å². The number of hydrogen-bond donors (Lipinski definition) is 1. The molecule has 0 spiro atoms. The molecule has 4 nitrogen and oxygen atoms in total. The molecule has 0 aliphatic carbocycles. The molecule has 0 saturated heterocycles. The van der Waals surface area contributed by atoms with Crippen LogP contribution in [0.3, 0.4) is 0 Å². The average Bonchev–Trinajstić information content (AvgIpc) is 3.31. The lowest BCUT2D eigenvalue weighted by molar-refractivity contribution is -0.141. The van der Waals surface area contributed by atoms with Crippen molar-refractivity contribution in [1.82, 2.24) is 15.3 Å². The van der Waals surface area contributed by atoms with Gasteiger partial charge in [0, 0.05) is 53.0 Å². The molecule has 2 aromatic heterocycles. The summed E-state index contributed by atoms with van der Waals surface area (Å²) in [6.45, 7) is 8.96. The van der Waals surface area contributed by atoms with E-state index in [1.165, 1.54) is 24.4 Å². The van der Waals surface area contributed by atoms with Crippen LogP contribution in [0.2, 0.25) is 0 Å². The summed E-state index contributed by atoms with van der Waals surface area (Å²) in [6, 6.07) is 16.4. The number of pyridine rings is 2. The number of benzene rings is 2. The highest BCUT2D eigenvalue weighted by Crippen LogP contribution is 2.41. The number of hydrogen-bond acceptors (Lipinski definition) is 4. The van der Waals surface area contributed by atoms with Gasteiger partial charge in [-0.25, -0.2) is 9.37 Å². The second kappa shape index (κ2) is 11.0. The summed E-state index contributed by atoms with van der Waals surface area (Å²) in [4.78, 5) is 8.42. The second-order valence-corrected chi connectivity index (χ2v) is 9.79. The fourth-order valence-electron chi connectivity index (χ4n) is 4.80. The lowest BCUT2D eigenvalue weighted by atomic mass is 9.98. The Morgan fingerprint density at radius 3 is 2.48 bits per heavy atom. The Kier molecular flexibility index (Phi) is 7.46. The van der Waals surface area contributed by atoms with Crippen LogP contribution in [0.15, 0.2) is 79.2 Å². The predicted octanol–water partition coefficient (Wildman–Crippen LogP) is 7.73. The van der Waals surface area contributed by atoms with Crippen molar-refractivity contribution >= 4 is 5.70 Å². The van der Waals surface area contributed by atoms with E-state index in [4.69, 9.17) is 9.72 Å². The molecule has 1 unspecified atom stereocenters. The minimum atomic E-state index is -4.48. The monoisotopic (exact) mass is 545 g/mol. The molecular formula is C32H27F4N3O. The molecule has 0 radical (unpaired) electrons. The Morgan fingerprint density at radius 2 is 1.82 bits per heavy atom. The fourth-order valence-corrected chi connectivity index (χ4v) is 4.80. The van der Waals surface area contributed by atoms with Crippen LogP contribution in [0, 0.1) is 12.7 Å². The highest BCUT2D eigenvalue weighted by molar-refractivity contribution is 5.72. The van der Waals surface area contributed by atoms with Crippen LogP contribution in [0.4, 0.5) is 17.6 Å². The molecule has 204 valence electrons. The van der Waals surface area contributed by atoms with Crippen molar-refractivity contribution in [1.29, 1.82) is 0 Å². The van der Waals surface area contributed by atoms with Gasteiger partial charge in [0.05, 0.1) is 12.3 Å². The first kappa shape index (κ1) is 27.2. The maximum Gasteiger partial charge on any atom is 0.433 e. The normalized spacial score (nSPS) is 14.3. The number of nitrogens with one attached hydrogen (secondary N) is 1. The van der Waals surface area contributed by atoms with E-state index in [0.29, 0.717) is 36.5 Å². The summed E-state index contributed by atoms with van der Waals surface area (Å²) in [6.07, 6.45) is -2.62. The van der Waals surface area contributed by atoms with Gasteiger partial charge in [0.25, 0.3) is 0 Å². The first-order chi connectivity index (χ1) is 19.1. The number of aromatic nitrogens is 2. The van der Waals surface area contributed by atoms with Crippen molar-refractivity contribution in [2.75, 3.05) is 13.2 Å². The third-order valence-corrected chi connectivity index (χ3v) is 6.92. The Balaban J connectivity index is 1.31. The quantitative estimate of drug-likeness (QED) is 0.191. The molecule has 1 aliphatic rings. The summed E-state index contributed by atoms with van der Waals surface area (Å²) in [7, 11) is 0. The zero-order chi connectivity index (χ0) is 28.4. The number of aryl methyl sites for hydroxylation is 1. The Hall–Kier alpha value is -4.42. The molecule has 2 aromatic carbocycles. The van der Waals surface area contributed by atoms with Crippen molar-refractivity contribution in [3.8, 4) is 28.1 Å². The van der Waals surface area contributed by atoms with Crippen LogP contribution >= 0.6 is 0 Å². The van der Waals surface area contributed by atoms with E-state index in [0.717, 1.165) is 45.3 Å². The molecule has 1 atom stereocenters. The molecule has 1 N–H and O–H groups in total. The largest absolute Gasteiger partial charge is 0.490 e. The summed E-state index contributed by atoms with van der Waals surface area (Å²) in [5, 5.41) is 3.38. The average molecular weight is 546 g/mol. The Bertz CT molecular complexity index is 1590. The molecule has 3 heterocycles. The molecule has 1 aliphatic heterocycles. The molecule has 0 amide bonds. The lowest BCUT2D eigenvalue weighted by Gasteiger charge is -2.14. The standard InChI is InChI=1S/C32H27F4N3O/c1-4-28(22-7-11-26(19(2)15-22)23-8-12-29(38-17-23)32(34,35)36)37-14-13-25-16-27-20(3)18-40-31(27)30(39-25)21-5-9-24(33)10-6-21/h5-12,15-17,20,37H,1,13-14,18H2,2-3H3. The highest BCUT2D eigenvalue weighted by atomic mass is 19.4. The second-order valence-electron chi connectivity index (χ2n) is 9.79. The molecule has 40 heavy (non-hydrogen) atoms. The van der Waals surface area contributed by atoms with Crippen LogP contribution in [-0.4, -0.2) is 23.1 Å². The van der Waals surface area contributed by atoms with E-state index in [-0.39, 0.29) is 11.7 Å². The first-order valence-corrected chi connectivity index (χ1v) is 12.8. The summed E-state index contributed by atoms with van der Waals surface area (Å²) < 4.78 is 58.0. The zero-order valence-electron chi connectivity index (χ0n) is 22.1. The van der Waals surface area contributed by atoms with Crippen LogP contribution in [0.5, 0.6) is 5.75 Å². The van der Waals surface area contributed by atoms with Crippen molar-refractivity contribution in [2.45, 2.75) is 32.4 Å². The van der Waals surface area contributed by atoms with Gasteiger partial charge in [-0.15, -0.1) is 5.73 Å². The van der Waals surface area contributed by atoms with E-state index >= 15 is 0 Å². The minimum absolute atomic E-state index is 0.230. The van der Waals surface area contributed by atoms with Crippen LogP contribution in [0.25, 0.3) is 28.1 Å².